The fraction of sp³-hybridized carbons (Fsp3) is 0. The van der Waals surface area contributed by atoms with Crippen molar-refractivity contribution in [1.82, 2.24) is 19.9 Å². The van der Waals surface area contributed by atoms with E-state index in [0.29, 0.717) is 5.82 Å². The molecule has 0 bridgehead atoms. The fourth-order valence-corrected chi connectivity index (χ4v) is 0.809. The zero-order chi connectivity index (χ0) is 8.23. The zero-order valence-corrected chi connectivity index (χ0v) is 6.25. The quantitative estimate of drug-likeness (QED) is 0.698. The molecule has 0 fully saturated rings. The second-order valence-electron chi connectivity index (χ2n) is 2.15. The monoisotopic (exact) mass is 161 g/mol. The van der Waals surface area contributed by atoms with E-state index in [9.17, 15) is 0 Å². The topological polar surface area (TPSA) is 55.6 Å². The van der Waals surface area contributed by atoms with Crippen LogP contribution in [0.1, 0.15) is 0 Å². The first-order valence-electron chi connectivity index (χ1n) is 3.48. The molecule has 2 aromatic rings. The van der Waals surface area contributed by atoms with Gasteiger partial charge in [-0.3, -0.25) is 10.4 Å². The molecule has 5 nitrogen and oxygen atoms in total. The van der Waals surface area contributed by atoms with Crippen LogP contribution in [0.15, 0.2) is 37.1 Å². The van der Waals surface area contributed by atoms with Crippen molar-refractivity contribution in [1.29, 1.82) is 0 Å². The van der Waals surface area contributed by atoms with E-state index in [4.69, 9.17) is 0 Å². The number of hydrogen-bond donors (Lipinski definition) is 1. The Bertz CT molecular complexity index is 328. The van der Waals surface area contributed by atoms with Gasteiger partial charge in [0.1, 0.15) is 0 Å². The highest BCUT2D eigenvalue weighted by Crippen LogP contribution is 1.96. The maximum Gasteiger partial charge on any atom is 0.164 e. The van der Waals surface area contributed by atoms with Crippen LogP contribution in [0.3, 0.4) is 0 Å². The third-order valence-corrected chi connectivity index (χ3v) is 1.30. The maximum atomic E-state index is 4.02. The van der Waals surface area contributed by atoms with Gasteiger partial charge in [0.15, 0.2) is 5.82 Å². The van der Waals surface area contributed by atoms with E-state index >= 15 is 0 Å². The van der Waals surface area contributed by atoms with Gasteiger partial charge in [-0.15, -0.1) is 0 Å². The molecule has 0 aliphatic rings. The molecule has 60 valence electrons. The summed E-state index contributed by atoms with van der Waals surface area (Å²) in [6.45, 7) is 0. The van der Waals surface area contributed by atoms with E-state index in [-0.39, 0.29) is 0 Å². The number of nitrogens with zero attached hydrogens (tertiary/aromatic N) is 4. The molecule has 2 rings (SSSR count). The second kappa shape index (κ2) is 3.00. The summed E-state index contributed by atoms with van der Waals surface area (Å²) in [7, 11) is 0. The molecule has 0 saturated carbocycles. The summed E-state index contributed by atoms with van der Waals surface area (Å²) in [6, 6.07) is 1.82. The fourth-order valence-electron chi connectivity index (χ4n) is 0.809. The van der Waals surface area contributed by atoms with Crippen LogP contribution in [-0.2, 0) is 0 Å². The minimum Gasteiger partial charge on any atom is -0.260 e. The number of anilines is 1. The molecule has 2 heterocycles. The first-order valence-corrected chi connectivity index (χ1v) is 3.48. The van der Waals surface area contributed by atoms with Gasteiger partial charge in [-0.25, -0.2) is 4.98 Å². The van der Waals surface area contributed by atoms with Crippen LogP contribution in [0.5, 0.6) is 0 Å². The number of aromatic nitrogens is 4. The lowest BCUT2D eigenvalue weighted by atomic mass is 10.7. The molecule has 0 saturated heterocycles. The highest BCUT2D eigenvalue weighted by molar-refractivity contribution is 5.28. The van der Waals surface area contributed by atoms with E-state index in [1.165, 1.54) is 0 Å². The van der Waals surface area contributed by atoms with E-state index in [2.05, 4.69) is 20.5 Å². The predicted octanol–water partition coefficient (Wildman–Crippen LogP) is 0.548. The molecule has 0 aliphatic carbocycles. The summed E-state index contributed by atoms with van der Waals surface area (Å²) in [6.07, 6.45) is 8.33. The van der Waals surface area contributed by atoms with Gasteiger partial charge >= 0.3 is 0 Å². The van der Waals surface area contributed by atoms with Gasteiger partial charge in [0, 0.05) is 18.6 Å². The van der Waals surface area contributed by atoms with Crippen LogP contribution in [0, 0.1) is 0 Å². The summed E-state index contributed by atoms with van der Waals surface area (Å²) in [4.78, 5) is 9.48. The molecule has 1 N–H and O–H groups in total. The normalized spacial score (nSPS) is 9.67. The molecule has 2 aromatic heterocycles. The third-order valence-electron chi connectivity index (χ3n) is 1.30. The van der Waals surface area contributed by atoms with Crippen molar-refractivity contribution in [2.24, 2.45) is 0 Å². The van der Waals surface area contributed by atoms with Crippen LogP contribution < -0.4 is 5.43 Å². The first-order chi connectivity index (χ1) is 5.95. The third kappa shape index (κ3) is 1.39. The lowest BCUT2D eigenvalue weighted by Gasteiger charge is -2.02. The Labute approximate surface area is 69.1 Å². The minimum atomic E-state index is 0.668. The molecule has 12 heavy (non-hydrogen) atoms. The molecular weight excluding hydrogens is 154 g/mol. The Morgan fingerprint density at radius 2 is 2.25 bits per heavy atom. The Balaban J connectivity index is 2.15. The van der Waals surface area contributed by atoms with Gasteiger partial charge in [-0.05, 0) is 6.07 Å². The van der Waals surface area contributed by atoms with Gasteiger partial charge < -0.3 is 0 Å². The van der Waals surface area contributed by atoms with Gasteiger partial charge in [0.2, 0.25) is 0 Å². The molecular formula is C7H7N5. The van der Waals surface area contributed by atoms with Crippen molar-refractivity contribution in [3.8, 4) is 0 Å². The Kier molecular flexibility index (Phi) is 1.69. The largest absolute Gasteiger partial charge is 0.260 e. The highest BCUT2D eigenvalue weighted by atomic mass is 15.6. The molecule has 0 unspecified atom stereocenters. The standard InChI is InChI=1S/C7H7N5/c1-2-10-12(5-1)11-7-6-8-3-4-9-7/h1-6H,(H,9,11). The van der Waals surface area contributed by atoms with Crippen LogP contribution >= 0.6 is 0 Å². The van der Waals surface area contributed by atoms with Crippen LogP contribution in [-0.4, -0.2) is 19.9 Å². The first kappa shape index (κ1) is 6.78. The smallest absolute Gasteiger partial charge is 0.164 e. The summed E-state index contributed by atoms with van der Waals surface area (Å²) in [5.41, 5.74) is 2.92. The molecule has 0 spiro atoms. The molecule has 0 amide bonds. The number of nitrogens with one attached hydrogen (secondary N) is 1. The van der Waals surface area contributed by atoms with Gasteiger partial charge in [0.25, 0.3) is 0 Å². The second-order valence-corrected chi connectivity index (χ2v) is 2.15. The van der Waals surface area contributed by atoms with Crippen molar-refractivity contribution in [3.05, 3.63) is 37.1 Å². The Hall–Kier alpha value is -1.91. The lowest BCUT2D eigenvalue weighted by molar-refractivity contribution is 0.794. The highest BCUT2D eigenvalue weighted by Gasteiger charge is 1.91. The molecule has 5 heteroatoms. The summed E-state index contributed by atoms with van der Waals surface area (Å²) in [5, 5.41) is 3.95. The molecule has 0 atom stereocenters. The van der Waals surface area contributed by atoms with Crippen molar-refractivity contribution in [2.75, 3.05) is 5.43 Å². The molecule has 0 radical (unpaired) electrons. The molecule has 0 aliphatic heterocycles. The van der Waals surface area contributed by atoms with Gasteiger partial charge in [-0.1, -0.05) is 0 Å². The molecule has 0 aromatic carbocycles. The van der Waals surface area contributed by atoms with Gasteiger partial charge in [0.05, 0.1) is 12.4 Å². The summed E-state index contributed by atoms with van der Waals surface area (Å²) < 4.78 is 0. The van der Waals surface area contributed by atoms with Crippen molar-refractivity contribution in [3.63, 3.8) is 0 Å². The van der Waals surface area contributed by atoms with Crippen LogP contribution in [0.25, 0.3) is 0 Å². The SMILES string of the molecule is c1cnn(Nc2cnccn2)c1. The summed E-state index contributed by atoms with van der Waals surface area (Å²) in [5.74, 6) is 0.668. The average molecular weight is 161 g/mol. The Morgan fingerprint density at radius 1 is 1.25 bits per heavy atom. The van der Waals surface area contributed by atoms with Crippen LogP contribution in [0.4, 0.5) is 5.82 Å². The van der Waals surface area contributed by atoms with Crippen molar-refractivity contribution in [2.45, 2.75) is 0 Å². The van der Waals surface area contributed by atoms with E-state index in [0.717, 1.165) is 0 Å². The average Bonchev–Trinajstić information content (AvgIpc) is 2.59. The maximum absolute atomic E-state index is 4.02. The number of hydrogen-bond acceptors (Lipinski definition) is 4. The zero-order valence-electron chi connectivity index (χ0n) is 6.25. The lowest BCUT2D eigenvalue weighted by Crippen LogP contribution is -2.10. The Morgan fingerprint density at radius 3 is 2.92 bits per heavy atom. The van der Waals surface area contributed by atoms with E-state index in [1.54, 1.807) is 35.8 Å². The van der Waals surface area contributed by atoms with Crippen LogP contribution in [0.2, 0.25) is 0 Å². The van der Waals surface area contributed by atoms with Gasteiger partial charge in [-0.2, -0.15) is 9.89 Å². The number of rotatable bonds is 2. The summed E-state index contributed by atoms with van der Waals surface area (Å²) >= 11 is 0. The van der Waals surface area contributed by atoms with E-state index in [1.807, 2.05) is 6.07 Å². The minimum absolute atomic E-state index is 0.668. The van der Waals surface area contributed by atoms with Crippen molar-refractivity contribution < 1.29 is 0 Å². The van der Waals surface area contributed by atoms with E-state index < -0.39 is 0 Å². The predicted molar refractivity (Wildman–Crippen MR) is 43.3 cm³/mol. The van der Waals surface area contributed by atoms with Crippen molar-refractivity contribution >= 4 is 5.82 Å².